The van der Waals surface area contributed by atoms with Crippen molar-refractivity contribution in [3.05, 3.63) is 30.0 Å². The Labute approximate surface area is 76.0 Å². The van der Waals surface area contributed by atoms with Gasteiger partial charge in [-0.2, -0.15) is 0 Å². The Morgan fingerprint density at radius 1 is 1.62 bits per heavy atom. The first kappa shape index (κ1) is 9.25. The molecule has 0 aliphatic carbocycles. The van der Waals surface area contributed by atoms with E-state index in [1.165, 1.54) is 19.3 Å². The highest BCUT2D eigenvalue weighted by Crippen LogP contribution is 2.07. The number of nitrogens with two attached hydrogens (primary N) is 1. The molecular formula is C9H10N2O2. The van der Waals surface area contributed by atoms with Crippen LogP contribution in [0.2, 0.25) is 0 Å². The van der Waals surface area contributed by atoms with Gasteiger partial charge in [-0.15, -0.1) is 0 Å². The number of pyridine rings is 1. The van der Waals surface area contributed by atoms with Gasteiger partial charge in [0.2, 0.25) is 11.8 Å². The molecule has 0 aromatic carbocycles. The number of rotatable bonds is 3. The van der Waals surface area contributed by atoms with Crippen LogP contribution in [-0.4, -0.2) is 18.0 Å². The third kappa shape index (κ3) is 2.94. The lowest BCUT2D eigenvalue weighted by Crippen LogP contribution is -2.05. The van der Waals surface area contributed by atoms with Gasteiger partial charge in [0.05, 0.1) is 12.8 Å². The average molecular weight is 178 g/mol. The topological polar surface area (TPSA) is 65.2 Å². The van der Waals surface area contributed by atoms with Crippen LogP contribution in [-0.2, 0) is 4.79 Å². The maximum absolute atomic E-state index is 10.4. The van der Waals surface area contributed by atoms with E-state index in [1.54, 1.807) is 18.2 Å². The van der Waals surface area contributed by atoms with Crippen molar-refractivity contribution in [2.75, 3.05) is 7.11 Å². The molecule has 4 heteroatoms. The number of hydrogen-bond acceptors (Lipinski definition) is 3. The van der Waals surface area contributed by atoms with Crippen LogP contribution in [0.3, 0.4) is 0 Å². The number of hydrogen-bond donors (Lipinski definition) is 1. The van der Waals surface area contributed by atoms with Crippen molar-refractivity contribution in [2.24, 2.45) is 5.73 Å². The number of methoxy groups -OCH3 is 1. The van der Waals surface area contributed by atoms with Crippen molar-refractivity contribution >= 4 is 12.0 Å². The Morgan fingerprint density at radius 2 is 2.38 bits per heavy atom. The second-order valence-electron chi connectivity index (χ2n) is 2.34. The minimum atomic E-state index is -0.496. The van der Waals surface area contributed by atoms with Gasteiger partial charge in [0.15, 0.2) is 0 Å². The fourth-order valence-electron chi connectivity index (χ4n) is 0.805. The summed E-state index contributed by atoms with van der Waals surface area (Å²) in [6.07, 6.45) is 2.78. The number of ether oxygens (including phenoxy) is 1. The van der Waals surface area contributed by atoms with Gasteiger partial charge < -0.3 is 10.5 Å². The zero-order valence-corrected chi connectivity index (χ0v) is 7.23. The third-order valence-electron chi connectivity index (χ3n) is 1.37. The number of primary amides is 1. The van der Waals surface area contributed by atoms with Gasteiger partial charge in [-0.25, -0.2) is 4.98 Å². The zero-order valence-electron chi connectivity index (χ0n) is 7.23. The third-order valence-corrected chi connectivity index (χ3v) is 1.37. The molecule has 2 N–H and O–H groups in total. The largest absolute Gasteiger partial charge is 0.481 e. The normalized spacial score (nSPS) is 10.2. The SMILES string of the molecule is COc1cccc(/C=C\C(N)=O)n1. The molecule has 1 aromatic heterocycles. The smallest absolute Gasteiger partial charge is 0.241 e. The van der Waals surface area contributed by atoms with Gasteiger partial charge in [-0.05, 0) is 12.1 Å². The molecule has 0 aliphatic heterocycles. The molecule has 1 amide bonds. The Hall–Kier alpha value is -1.84. The zero-order chi connectivity index (χ0) is 9.68. The monoisotopic (exact) mass is 178 g/mol. The Morgan fingerprint density at radius 3 is 3.00 bits per heavy atom. The summed E-state index contributed by atoms with van der Waals surface area (Å²) >= 11 is 0. The van der Waals surface area contributed by atoms with Crippen LogP contribution in [0.15, 0.2) is 24.3 Å². The van der Waals surface area contributed by atoms with E-state index < -0.39 is 5.91 Å². The molecule has 1 rings (SSSR count). The summed E-state index contributed by atoms with van der Waals surface area (Å²) in [5.41, 5.74) is 5.56. The summed E-state index contributed by atoms with van der Waals surface area (Å²) in [5.74, 6) is 0.0104. The second kappa shape index (κ2) is 4.25. The summed E-state index contributed by atoms with van der Waals surface area (Å²) in [7, 11) is 1.53. The predicted octanol–water partition coefficient (Wildman–Crippen LogP) is 0.589. The van der Waals surface area contributed by atoms with Crippen molar-refractivity contribution in [3.8, 4) is 5.88 Å². The lowest BCUT2D eigenvalue weighted by molar-refractivity contribution is -0.113. The van der Waals surface area contributed by atoms with E-state index in [-0.39, 0.29) is 0 Å². The van der Waals surface area contributed by atoms with Gasteiger partial charge in [-0.3, -0.25) is 4.79 Å². The van der Waals surface area contributed by atoms with Crippen molar-refractivity contribution < 1.29 is 9.53 Å². The molecule has 1 heterocycles. The van der Waals surface area contributed by atoms with Crippen LogP contribution in [0.25, 0.3) is 6.08 Å². The highest BCUT2D eigenvalue weighted by Gasteiger charge is 1.93. The Balaban J connectivity index is 2.83. The quantitative estimate of drug-likeness (QED) is 0.689. The summed E-state index contributed by atoms with van der Waals surface area (Å²) in [6, 6.07) is 5.26. The van der Waals surface area contributed by atoms with Gasteiger partial charge in [-0.1, -0.05) is 6.07 Å². The molecule has 0 aliphatic rings. The molecule has 4 nitrogen and oxygen atoms in total. The number of carbonyl (C=O) groups excluding carboxylic acids is 1. The van der Waals surface area contributed by atoms with E-state index in [9.17, 15) is 4.79 Å². The van der Waals surface area contributed by atoms with Crippen LogP contribution in [0.4, 0.5) is 0 Å². The molecule has 0 unspecified atom stereocenters. The highest BCUT2D eigenvalue weighted by molar-refractivity contribution is 5.89. The fraction of sp³-hybridized carbons (Fsp3) is 0.111. The number of aromatic nitrogens is 1. The standard InChI is InChI=1S/C9H10N2O2/c1-13-9-4-2-3-7(11-9)5-6-8(10)12/h2-6H,1H3,(H2,10,12)/b6-5-. The molecule has 0 radical (unpaired) electrons. The average Bonchev–Trinajstić information content (AvgIpc) is 2.15. The Bertz CT molecular complexity index is 334. The highest BCUT2D eigenvalue weighted by atomic mass is 16.5. The summed E-state index contributed by atoms with van der Waals surface area (Å²) in [4.78, 5) is 14.4. The van der Waals surface area contributed by atoms with Gasteiger partial charge in [0.1, 0.15) is 0 Å². The van der Waals surface area contributed by atoms with E-state index in [0.29, 0.717) is 11.6 Å². The van der Waals surface area contributed by atoms with Crippen molar-refractivity contribution in [1.82, 2.24) is 4.98 Å². The minimum absolute atomic E-state index is 0.496. The lowest BCUT2D eigenvalue weighted by Gasteiger charge is -1.97. The molecular weight excluding hydrogens is 168 g/mol. The molecule has 0 spiro atoms. The van der Waals surface area contributed by atoms with E-state index >= 15 is 0 Å². The van der Waals surface area contributed by atoms with Crippen LogP contribution >= 0.6 is 0 Å². The summed E-state index contributed by atoms with van der Waals surface area (Å²) < 4.78 is 4.90. The van der Waals surface area contributed by atoms with Gasteiger partial charge in [0, 0.05) is 12.1 Å². The van der Waals surface area contributed by atoms with Gasteiger partial charge in [0.25, 0.3) is 0 Å². The molecule has 1 aromatic rings. The van der Waals surface area contributed by atoms with Gasteiger partial charge >= 0.3 is 0 Å². The summed E-state index contributed by atoms with van der Waals surface area (Å²) in [5, 5.41) is 0. The lowest BCUT2D eigenvalue weighted by atomic mass is 10.3. The maximum Gasteiger partial charge on any atom is 0.241 e. The van der Waals surface area contributed by atoms with E-state index in [2.05, 4.69) is 4.98 Å². The van der Waals surface area contributed by atoms with Crippen LogP contribution in [0.1, 0.15) is 5.69 Å². The number of carbonyl (C=O) groups is 1. The molecule has 68 valence electrons. The van der Waals surface area contributed by atoms with Crippen LogP contribution in [0, 0.1) is 0 Å². The van der Waals surface area contributed by atoms with Crippen LogP contribution in [0.5, 0.6) is 5.88 Å². The maximum atomic E-state index is 10.4. The first-order chi connectivity index (χ1) is 6.22. The first-order valence-electron chi connectivity index (χ1n) is 3.71. The fourth-order valence-corrected chi connectivity index (χ4v) is 0.805. The molecule has 0 bridgehead atoms. The Kier molecular flexibility index (Phi) is 3.03. The molecule has 13 heavy (non-hydrogen) atoms. The molecule has 0 atom stereocenters. The van der Waals surface area contributed by atoms with E-state index in [4.69, 9.17) is 10.5 Å². The second-order valence-corrected chi connectivity index (χ2v) is 2.34. The van der Waals surface area contributed by atoms with Crippen LogP contribution < -0.4 is 10.5 Å². The number of amides is 1. The molecule has 0 saturated heterocycles. The van der Waals surface area contributed by atoms with Crippen molar-refractivity contribution in [1.29, 1.82) is 0 Å². The summed E-state index contributed by atoms with van der Waals surface area (Å²) in [6.45, 7) is 0. The minimum Gasteiger partial charge on any atom is -0.481 e. The predicted molar refractivity (Wildman–Crippen MR) is 49.0 cm³/mol. The number of nitrogens with zero attached hydrogens (tertiary/aromatic N) is 1. The molecule has 0 fully saturated rings. The van der Waals surface area contributed by atoms with E-state index in [0.717, 1.165) is 0 Å². The molecule has 0 saturated carbocycles. The van der Waals surface area contributed by atoms with Crippen molar-refractivity contribution in [2.45, 2.75) is 0 Å². The van der Waals surface area contributed by atoms with E-state index in [1.807, 2.05) is 0 Å². The first-order valence-corrected chi connectivity index (χ1v) is 3.71. The van der Waals surface area contributed by atoms with Crippen molar-refractivity contribution in [3.63, 3.8) is 0 Å².